The quantitative estimate of drug-likeness (QED) is 0.814. The van der Waals surface area contributed by atoms with E-state index in [4.69, 9.17) is 10.5 Å². The second kappa shape index (κ2) is 5.60. The van der Waals surface area contributed by atoms with E-state index in [-0.39, 0.29) is 12.4 Å². The fourth-order valence-electron chi connectivity index (χ4n) is 1.50. The van der Waals surface area contributed by atoms with E-state index >= 15 is 0 Å². The Labute approximate surface area is 108 Å². The van der Waals surface area contributed by atoms with Gasteiger partial charge in [0.05, 0.1) is 0 Å². The first-order valence-electron chi connectivity index (χ1n) is 5.26. The first-order valence-corrected chi connectivity index (χ1v) is 5.26. The van der Waals surface area contributed by atoms with Gasteiger partial charge in [-0.25, -0.2) is 0 Å². The summed E-state index contributed by atoms with van der Waals surface area (Å²) in [5.41, 5.74) is 8.76. The summed E-state index contributed by atoms with van der Waals surface area (Å²) < 4.78 is 5.79. The van der Waals surface area contributed by atoms with Gasteiger partial charge in [0.1, 0.15) is 11.5 Å². The summed E-state index contributed by atoms with van der Waals surface area (Å²) >= 11 is 0. The van der Waals surface area contributed by atoms with E-state index in [2.05, 4.69) is 19.9 Å². The van der Waals surface area contributed by atoms with Gasteiger partial charge < -0.3 is 10.5 Å². The highest BCUT2D eigenvalue weighted by molar-refractivity contribution is 5.85. The zero-order valence-corrected chi connectivity index (χ0v) is 10.8. The predicted molar refractivity (Wildman–Crippen MR) is 74.1 cm³/mol. The summed E-state index contributed by atoms with van der Waals surface area (Å²) in [4.78, 5) is 0. The Hall–Kier alpha value is -1.67. The van der Waals surface area contributed by atoms with Crippen molar-refractivity contribution >= 4 is 18.1 Å². The van der Waals surface area contributed by atoms with E-state index in [1.807, 2.05) is 36.4 Å². The minimum atomic E-state index is 0. The van der Waals surface area contributed by atoms with E-state index in [1.165, 1.54) is 11.1 Å². The monoisotopic (exact) mass is 249 g/mol. The molecular weight excluding hydrogens is 234 g/mol. The maximum absolute atomic E-state index is 5.79. The summed E-state index contributed by atoms with van der Waals surface area (Å²) in [6.45, 7) is 4.13. The molecule has 2 N–H and O–H groups in total. The van der Waals surface area contributed by atoms with Crippen LogP contribution < -0.4 is 10.5 Å². The standard InChI is InChI=1S/C14H15NO.ClH/c1-10-4-3-5-14(11(10)2)16-13-8-6-12(15)7-9-13;/h3-9H,15H2,1-2H3;1H. The number of aryl methyl sites for hydroxylation is 1. The van der Waals surface area contributed by atoms with Crippen LogP contribution in [0.4, 0.5) is 5.69 Å². The Bertz CT molecular complexity index is 494. The lowest BCUT2D eigenvalue weighted by Crippen LogP contribution is -1.90. The molecule has 2 aromatic rings. The molecule has 0 saturated heterocycles. The van der Waals surface area contributed by atoms with Crippen LogP contribution in [0, 0.1) is 13.8 Å². The number of nitrogen functional groups attached to an aromatic ring is 1. The topological polar surface area (TPSA) is 35.2 Å². The van der Waals surface area contributed by atoms with Gasteiger partial charge >= 0.3 is 0 Å². The van der Waals surface area contributed by atoms with Gasteiger partial charge in [0.2, 0.25) is 0 Å². The minimum absolute atomic E-state index is 0. The summed E-state index contributed by atoms with van der Waals surface area (Å²) in [5, 5.41) is 0. The third-order valence-corrected chi connectivity index (χ3v) is 2.66. The van der Waals surface area contributed by atoms with Crippen molar-refractivity contribution in [2.75, 3.05) is 5.73 Å². The van der Waals surface area contributed by atoms with Crippen LogP contribution in [0.1, 0.15) is 11.1 Å². The zero-order valence-electron chi connectivity index (χ0n) is 9.94. The van der Waals surface area contributed by atoms with Crippen molar-refractivity contribution in [3.8, 4) is 11.5 Å². The molecule has 0 spiro atoms. The van der Waals surface area contributed by atoms with Crippen molar-refractivity contribution < 1.29 is 4.74 Å². The molecule has 0 bridgehead atoms. The molecule has 0 aliphatic heterocycles. The van der Waals surface area contributed by atoms with E-state index in [1.54, 1.807) is 0 Å². The van der Waals surface area contributed by atoms with Crippen molar-refractivity contribution in [3.63, 3.8) is 0 Å². The molecule has 0 amide bonds. The SMILES string of the molecule is Cc1cccc(Oc2ccc(N)cc2)c1C.Cl. The molecule has 0 unspecified atom stereocenters. The van der Waals surface area contributed by atoms with Crippen molar-refractivity contribution in [2.45, 2.75) is 13.8 Å². The molecule has 2 nitrogen and oxygen atoms in total. The molecule has 0 aliphatic rings. The lowest BCUT2D eigenvalue weighted by Gasteiger charge is -2.10. The normalized spacial score (nSPS) is 9.53. The molecule has 2 aromatic carbocycles. The number of rotatable bonds is 2. The molecule has 90 valence electrons. The van der Waals surface area contributed by atoms with Crippen molar-refractivity contribution in [1.82, 2.24) is 0 Å². The van der Waals surface area contributed by atoms with Crippen LogP contribution in [-0.2, 0) is 0 Å². The van der Waals surface area contributed by atoms with Crippen LogP contribution in [0.2, 0.25) is 0 Å². The molecule has 0 atom stereocenters. The highest BCUT2D eigenvalue weighted by Gasteiger charge is 2.02. The Morgan fingerprint density at radius 1 is 0.941 bits per heavy atom. The largest absolute Gasteiger partial charge is 0.457 e. The molecule has 0 fully saturated rings. The van der Waals surface area contributed by atoms with E-state index in [0.29, 0.717) is 0 Å². The Balaban J connectivity index is 0.00000144. The Morgan fingerprint density at radius 2 is 1.59 bits per heavy atom. The van der Waals surface area contributed by atoms with E-state index in [0.717, 1.165) is 17.2 Å². The van der Waals surface area contributed by atoms with Crippen LogP contribution in [0.25, 0.3) is 0 Å². The van der Waals surface area contributed by atoms with Gasteiger partial charge in [-0.1, -0.05) is 12.1 Å². The maximum Gasteiger partial charge on any atom is 0.130 e. The molecular formula is C14H16ClNO. The van der Waals surface area contributed by atoms with Crippen LogP contribution in [0.15, 0.2) is 42.5 Å². The molecule has 0 aromatic heterocycles. The van der Waals surface area contributed by atoms with Crippen molar-refractivity contribution in [2.24, 2.45) is 0 Å². The molecule has 0 saturated carbocycles. The highest BCUT2D eigenvalue weighted by Crippen LogP contribution is 2.27. The molecule has 0 aliphatic carbocycles. The van der Waals surface area contributed by atoms with Gasteiger partial charge in [0.25, 0.3) is 0 Å². The summed E-state index contributed by atoms with van der Waals surface area (Å²) in [5.74, 6) is 1.70. The van der Waals surface area contributed by atoms with Crippen LogP contribution in [-0.4, -0.2) is 0 Å². The van der Waals surface area contributed by atoms with Crippen molar-refractivity contribution in [3.05, 3.63) is 53.6 Å². The molecule has 0 radical (unpaired) electrons. The van der Waals surface area contributed by atoms with Crippen molar-refractivity contribution in [1.29, 1.82) is 0 Å². The maximum atomic E-state index is 5.79. The van der Waals surface area contributed by atoms with E-state index in [9.17, 15) is 0 Å². The summed E-state index contributed by atoms with van der Waals surface area (Å²) in [6.07, 6.45) is 0. The molecule has 3 heteroatoms. The van der Waals surface area contributed by atoms with Gasteiger partial charge in [-0.15, -0.1) is 12.4 Å². The second-order valence-electron chi connectivity index (χ2n) is 3.87. The third kappa shape index (κ3) is 3.14. The Kier molecular flexibility index (Phi) is 4.41. The van der Waals surface area contributed by atoms with Crippen LogP contribution in [0.5, 0.6) is 11.5 Å². The average Bonchev–Trinajstić information content (AvgIpc) is 2.28. The van der Waals surface area contributed by atoms with Crippen LogP contribution >= 0.6 is 12.4 Å². The lowest BCUT2D eigenvalue weighted by atomic mass is 10.1. The Morgan fingerprint density at radius 3 is 2.24 bits per heavy atom. The van der Waals surface area contributed by atoms with Crippen LogP contribution in [0.3, 0.4) is 0 Å². The third-order valence-electron chi connectivity index (χ3n) is 2.66. The number of nitrogens with two attached hydrogens (primary N) is 1. The van der Waals surface area contributed by atoms with E-state index < -0.39 is 0 Å². The second-order valence-corrected chi connectivity index (χ2v) is 3.87. The number of anilines is 1. The highest BCUT2D eigenvalue weighted by atomic mass is 35.5. The van der Waals surface area contributed by atoms with Gasteiger partial charge in [0.15, 0.2) is 0 Å². The fraction of sp³-hybridized carbons (Fsp3) is 0.143. The first kappa shape index (κ1) is 13.4. The average molecular weight is 250 g/mol. The predicted octanol–water partition coefficient (Wildman–Crippen LogP) is 4.10. The van der Waals surface area contributed by atoms with Gasteiger partial charge in [0, 0.05) is 5.69 Å². The minimum Gasteiger partial charge on any atom is -0.457 e. The van der Waals surface area contributed by atoms with Gasteiger partial charge in [-0.05, 0) is 55.3 Å². The number of hydrogen-bond acceptors (Lipinski definition) is 2. The number of benzene rings is 2. The van der Waals surface area contributed by atoms with Gasteiger partial charge in [-0.2, -0.15) is 0 Å². The molecule has 0 heterocycles. The zero-order chi connectivity index (χ0) is 11.5. The lowest BCUT2D eigenvalue weighted by molar-refractivity contribution is 0.478. The fourth-order valence-corrected chi connectivity index (χ4v) is 1.50. The smallest absolute Gasteiger partial charge is 0.130 e. The first-order chi connectivity index (χ1) is 7.66. The number of halogens is 1. The molecule has 2 rings (SSSR count). The summed E-state index contributed by atoms with van der Waals surface area (Å²) in [6, 6.07) is 13.5. The molecule has 17 heavy (non-hydrogen) atoms. The number of hydrogen-bond donors (Lipinski definition) is 1. The summed E-state index contributed by atoms with van der Waals surface area (Å²) in [7, 11) is 0. The van der Waals surface area contributed by atoms with Gasteiger partial charge in [-0.3, -0.25) is 0 Å². The number of ether oxygens (including phenoxy) is 1.